The van der Waals surface area contributed by atoms with Gasteiger partial charge in [0.2, 0.25) is 0 Å². The van der Waals surface area contributed by atoms with Crippen molar-refractivity contribution in [2.75, 3.05) is 26.8 Å². The first-order chi connectivity index (χ1) is 10.3. The summed E-state index contributed by atoms with van der Waals surface area (Å²) in [4.78, 5) is 11.1. The number of para-hydroxylation sites is 1. The predicted octanol–water partition coefficient (Wildman–Crippen LogP) is 3.90. The van der Waals surface area contributed by atoms with Gasteiger partial charge in [0.25, 0.3) is 0 Å². The Labute approximate surface area is 135 Å². The van der Waals surface area contributed by atoms with Crippen LogP contribution in [0.4, 0.5) is 0 Å². The van der Waals surface area contributed by atoms with E-state index in [2.05, 4.69) is 4.74 Å². The summed E-state index contributed by atoms with van der Waals surface area (Å²) in [5, 5.41) is 0. The van der Waals surface area contributed by atoms with Gasteiger partial charge in [-0.3, -0.25) is 4.79 Å². The number of ether oxygens (including phenoxy) is 2. The van der Waals surface area contributed by atoms with E-state index in [1.165, 1.54) is 7.11 Å². The SMILES string of the molecule is COC(=O)CCN(CCCCCOc1ccccc1)SCl. The first kappa shape index (κ1) is 18.1. The highest BCUT2D eigenvalue weighted by molar-refractivity contribution is 8.19. The summed E-state index contributed by atoms with van der Waals surface area (Å²) in [7, 11) is 7.18. The Bertz CT molecular complexity index is 392. The van der Waals surface area contributed by atoms with E-state index in [0.717, 1.165) is 49.3 Å². The van der Waals surface area contributed by atoms with Crippen molar-refractivity contribution in [1.82, 2.24) is 4.31 Å². The van der Waals surface area contributed by atoms with Gasteiger partial charge in [0.15, 0.2) is 0 Å². The minimum absolute atomic E-state index is 0.207. The molecule has 0 bridgehead atoms. The standard InChI is InChI=1S/C15H22ClNO3S/c1-19-15(18)10-12-17(21-16)11-6-3-7-13-20-14-8-4-2-5-9-14/h2,4-5,8-9H,3,6-7,10-13H2,1H3. The molecule has 0 saturated carbocycles. The summed E-state index contributed by atoms with van der Waals surface area (Å²) < 4.78 is 12.2. The molecule has 0 radical (unpaired) electrons. The van der Waals surface area contributed by atoms with Gasteiger partial charge in [-0.25, -0.2) is 4.31 Å². The maximum atomic E-state index is 11.1. The van der Waals surface area contributed by atoms with Crippen molar-refractivity contribution in [3.8, 4) is 5.75 Å². The number of benzene rings is 1. The molecule has 0 amide bonds. The minimum Gasteiger partial charge on any atom is -0.494 e. The Morgan fingerprint density at radius 3 is 2.62 bits per heavy atom. The Kier molecular flexibility index (Phi) is 10.1. The summed E-state index contributed by atoms with van der Waals surface area (Å²) in [6, 6.07) is 9.81. The zero-order chi connectivity index (χ0) is 15.3. The summed E-state index contributed by atoms with van der Waals surface area (Å²) in [5.41, 5.74) is 0. The lowest BCUT2D eigenvalue weighted by molar-refractivity contribution is -0.140. The zero-order valence-electron chi connectivity index (χ0n) is 12.3. The van der Waals surface area contributed by atoms with Crippen LogP contribution in [0.2, 0.25) is 0 Å². The maximum absolute atomic E-state index is 11.1. The second-order valence-electron chi connectivity index (χ2n) is 4.55. The lowest BCUT2D eigenvalue weighted by atomic mass is 10.2. The molecule has 0 heterocycles. The Morgan fingerprint density at radius 1 is 1.19 bits per heavy atom. The van der Waals surface area contributed by atoms with Gasteiger partial charge in [0.1, 0.15) is 5.75 Å². The summed E-state index contributed by atoms with van der Waals surface area (Å²) in [5.74, 6) is 0.704. The van der Waals surface area contributed by atoms with E-state index in [-0.39, 0.29) is 5.97 Å². The molecule has 0 aliphatic carbocycles. The van der Waals surface area contributed by atoms with E-state index in [9.17, 15) is 4.79 Å². The molecule has 0 aromatic heterocycles. The van der Waals surface area contributed by atoms with Gasteiger partial charge in [-0.1, -0.05) is 18.2 Å². The molecule has 6 heteroatoms. The largest absolute Gasteiger partial charge is 0.494 e. The Morgan fingerprint density at radius 2 is 1.95 bits per heavy atom. The van der Waals surface area contributed by atoms with Crippen molar-refractivity contribution < 1.29 is 14.3 Å². The third kappa shape index (κ3) is 8.86. The molecule has 0 N–H and O–H groups in total. The third-order valence-corrected chi connectivity index (χ3v) is 4.10. The van der Waals surface area contributed by atoms with Gasteiger partial charge in [0, 0.05) is 24.3 Å². The maximum Gasteiger partial charge on any atom is 0.306 e. The Balaban J connectivity index is 2.02. The van der Waals surface area contributed by atoms with Crippen molar-refractivity contribution >= 4 is 27.8 Å². The van der Waals surface area contributed by atoms with Crippen LogP contribution in [0.25, 0.3) is 0 Å². The molecule has 1 rings (SSSR count). The number of carbonyl (C=O) groups is 1. The monoisotopic (exact) mass is 331 g/mol. The first-order valence-corrected chi connectivity index (χ1v) is 8.64. The number of nitrogens with zero attached hydrogens (tertiary/aromatic N) is 1. The van der Waals surface area contributed by atoms with Crippen LogP contribution in [0.15, 0.2) is 30.3 Å². The highest BCUT2D eigenvalue weighted by atomic mass is 35.7. The van der Waals surface area contributed by atoms with Crippen LogP contribution in [0.3, 0.4) is 0 Å². The van der Waals surface area contributed by atoms with Gasteiger partial charge in [0.05, 0.1) is 20.1 Å². The molecule has 0 aliphatic heterocycles. The first-order valence-electron chi connectivity index (χ1n) is 7.04. The second-order valence-corrected chi connectivity index (χ2v) is 5.61. The van der Waals surface area contributed by atoms with Crippen LogP contribution in [0.5, 0.6) is 5.75 Å². The fourth-order valence-electron chi connectivity index (χ4n) is 1.77. The number of esters is 1. The van der Waals surface area contributed by atoms with E-state index >= 15 is 0 Å². The highest BCUT2D eigenvalue weighted by Gasteiger charge is 2.08. The van der Waals surface area contributed by atoms with E-state index in [4.69, 9.17) is 15.4 Å². The van der Waals surface area contributed by atoms with E-state index < -0.39 is 0 Å². The normalized spacial score (nSPS) is 10.6. The van der Waals surface area contributed by atoms with Crippen LogP contribution in [-0.2, 0) is 9.53 Å². The lowest BCUT2D eigenvalue weighted by Gasteiger charge is -2.16. The van der Waals surface area contributed by atoms with E-state index in [1.807, 2.05) is 34.6 Å². The van der Waals surface area contributed by atoms with Crippen LogP contribution in [0, 0.1) is 0 Å². The van der Waals surface area contributed by atoms with Crippen molar-refractivity contribution in [2.24, 2.45) is 0 Å². The molecule has 21 heavy (non-hydrogen) atoms. The minimum atomic E-state index is -0.207. The van der Waals surface area contributed by atoms with Gasteiger partial charge in [-0.2, -0.15) is 0 Å². The molecule has 0 fully saturated rings. The van der Waals surface area contributed by atoms with Gasteiger partial charge in [-0.15, -0.1) is 0 Å². The molecule has 0 atom stereocenters. The molecule has 4 nitrogen and oxygen atoms in total. The fraction of sp³-hybridized carbons (Fsp3) is 0.533. The average molecular weight is 332 g/mol. The average Bonchev–Trinajstić information content (AvgIpc) is 2.54. The summed E-state index contributed by atoms with van der Waals surface area (Å²) in [6.07, 6.45) is 3.47. The topological polar surface area (TPSA) is 38.8 Å². The number of halogens is 1. The quantitative estimate of drug-likeness (QED) is 0.349. The number of methoxy groups -OCH3 is 1. The number of unbranched alkanes of at least 4 members (excludes halogenated alkanes) is 2. The third-order valence-electron chi connectivity index (χ3n) is 2.95. The molecular weight excluding hydrogens is 310 g/mol. The van der Waals surface area contributed by atoms with Crippen LogP contribution >= 0.6 is 21.8 Å². The number of rotatable bonds is 11. The number of hydrogen-bond acceptors (Lipinski definition) is 5. The lowest BCUT2D eigenvalue weighted by Crippen LogP contribution is -2.20. The number of carbonyl (C=O) groups excluding carboxylic acids is 1. The second kappa shape index (κ2) is 11.7. The van der Waals surface area contributed by atoms with Crippen molar-refractivity contribution in [3.05, 3.63) is 30.3 Å². The molecule has 118 valence electrons. The predicted molar refractivity (Wildman–Crippen MR) is 87.4 cm³/mol. The molecule has 1 aromatic carbocycles. The van der Waals surface area contributed by atoms with Gasteiger partial charge >= 0.3 is 5.97 Å². The molecule has 0 aliphatic rings. The molecule has 1 aromatic rings. The summed E-state index contributed by atoms with van der Waals surface area (Å²) >= 11 is 1.15. The van der Waals surface area contributed by atoms with Crippen LogP contribution in [0.1, 0.15) is 25.7 Å². The fourth-order valence-corrected chi connectivity index (χ4v) is 2.55. The van der Waals surface area contributed by atoms with Crippen molar-refractivity contribution in [2.45, 2.75) is 25.7 Å². The summed E-state index contributed by atoms with van der Waals surface area (Å²) in [6.45, 7) is 2.19. The van der Waals surface area contributed by atoms with Gasteiger partial charge in [-0.05, 0) is 42.1 Å². The molecule has 0 spiro atoms. The number of hydrogen-bond donors (Lipinski definition) is 0. The molecular formula is C15H22ClNO3S. The van der Waals surface area contributed by atoms with Crippen molar-refractivity contribution in [3.63, 3.8) is 0 Å². The van der Waals surface area contributed by atoms with Crippen LogP contribution < -0.4 is 4.74 Å². The molecule has 0 saturated heterocycles. The van der Waals surface area contributed by atoms with E-state index in [1.54, 1.807) is 0 Å². The zero-order valence-corrected chi connectivity index (χ0v) is 13.9. The Hall–Kier alpha value is -0.910. The molecule has 0 unspecified atom stereocenters. The van der Waals surface area contributed by atoms with E-state index in [0.29, 0.717) is 13.0 Å². The van der Waals surface area contributed by atoms with Crippen LogP contribution in [-0.4, -0.2) is 37.1 Å². The highest BCUT2D eigenvalue weighted by Crippen LogP contribution is 2.16. The smallest absolute Gasteiger partial charge is 0.306 e. The van der Waals surface area contributed by atoms with Crippen molar-refractivity contribution in [1.29, 1.82) is 0 Å². The van der Waals surface area contributed by atoms with Gasteiger partial charge < -0.3 is 9.47 Å².